The summed E-state index contributed by atoms with van der Waals surface area (Å²) in [6, 6.07) is -10.8. The predicted octanol–water partition coefficient (Wildman–Crippen LogP) is -7.09. The maximum absolute atomic E-state index is 12.9. The Balaban J connectivity index is 5.82. The maximum atomic E-state index is 12.9. The number of aliphatic hydroxyl groups is 4. The number of aliphatic carboxylic acids is 3. The van der Waals surface area contributed by atoms with Gasteiger partial charge in [-0.3, -0.25) is 33.6 Å². The zero-order valence-electron chi connectivity index (χ0n) is 23.6. The molecular weight excluding hydrogens is 600 g/mol. The SMILES string of the molecule is C[C@@H](O)[C@H](NC(=O)[C@H](CC(=O)O)NC(=O)[C@@H](NC(=O)[C@H](CO)NC(=O)[C@H](CCC(=O)O)NC(=O)[C@@H](N)CO)[C@@H](C)O)C(=O)O. The minimum Gasteiger partial charge on any atom is -0.481 e. The molecule has 21 heteroatoms. The highest BCUT2D eigenvalue weighted by atomic mass is 16.4. The molecule has 0 bridgehead atoms. The summed E-state index contributed by atoms with van der Waals surface area (Å²) in [5, 5.41) is 75.4. The van der Waals surface area contributed by atoms with Crippen molar-refractivity contribution in [2.45, 2.75) is 81.6 Å². The first-order valence-electron chi connectivity index (χ1n) is 12.9. The Hall–Kier alpha value is -4.44. The second-order valence-corrected chi connectivity index (χ2v) is 9.48. The molecule has 0 saturated carbocycles. The van der Waals surface area contributed by atoms with Crippen molar-refractivity contribution in [1.82, 2.24) is 26.6 Å². The van der Waals surface area contributed by atoms with Crippen LogP contribution in [-0.2, 0) is 38.4 Å². The quantitative estimate of drug-likeness (QED) is 0.0589. The molecule has 250 valence electrons. The lowest BCUT2D eigenvalue weighted by atomic mass is 10.1. The summed E-state index contributed by atoms with van der Waals surface area (Å²) in [5.41, 5.74) is 5.37. The molecule has 21 nitrogen and oxygen atoms in total. The summed E-state index contributed by atoms with van der Waals surface area (Å²) < 4.78 is 0. The molecule has 0 radical (unpaired) electrons. The van der Waals surface area contributed by atoms with Gasteiger partial charge in [0.15, 0.2) is 6.04 Å². The number of carboxylic acids is 3. The molecule has 0 heterocycles. The van der Waals surface area contributed by atoms with Crippen molar-refractivity contribution in [3.63, 3.8) is 0 Å². The molecule has 0 fully saturated rings. The Labute approximate surface area is 249 Å². The summed E-state index contributed by atoms with van der Waals surface area (Å²) >= 11 is 0. The third-order valence-electron chi connectivity index (χ3n) is 5.75. The van der Waals surface area contributed by atoms with Gasteiger partial charge in [-0.2, -0.15) is 0 Å². The van der Waals surface area contributed by atoms with Crippen molar-refractivity contribution < 1.29 is 74.1 Å². The summed E-state index contributed by atoms with van der Waals surface area (Å²) in [6.45, 7) is 0.0747. The lowest BCUT2D eigenvalue weighted by molar-refractivity contribution is -0.146. The van der Waals surface area contributed by atoms with E-state index in [4.69, 9.17) is 26.2 Å². The van der Waals surface area contributed by atoms with Crippen molar-refractivity contribution >= 4 is 47.4 Å². The monoisotopic (exact) mass is 638 g/mol. The number of nitrogens with one attached hydrogen (secondary N) is 5. The molecule has 8 atom stereocenters. The van der Waals surface area contributed by atoms with Crippen LogP contribution in [0.3, 0.4) is 0 Å². The molecule has 0 aliphatic heterocycles. The second kappa shape index (κ2) is 19.0. The standard InChI is InChI=1S/C23H38N6O15/c1-8(32)16(22(42)26-12(5-15(36)37)20(40)29-17(9(2)33)23(43)44)28-21(41)13(7-31)27-19(39)11(3-4-14(34)35)25-18(38)10(24)6-30/h8-13,16-17,30-33H,3-7,24H2,1-2H3,(H,25,38)(H,26,42)(H,27,39)(H,28,41)(H,29,40)(H,34,35)(H,36,37)(H,43,44)/t8-,9-,10+,11+,12+,13+,16+,17+/m1/s1. The molecule has 14 N–H and O–H groups in total. The second-order valence-electron chi connectivity index (χ2n) is 9.48. The Kier molecular flexibility index (Phi) is 17.0. The Bertz CT molecular complexity index is 1070. The fraction of sp³-hybridized carbons (Fsp3) is 0.652. The number of hydrogen-bond acceptors (Lipinski definition) is 13. The number of carboxylic acid groups (broad SMARTS) is 3. The van der Waals surface area contributed by atoms with Crippen LogP contribution in [0.1, 0.15) is 33.1 Å². The molecule has 0 aliphatic rings. The molecule has 0 saturated heterocycles. The van der Waals surface area contributed by atoms with E-state index in [-0.39, 0.29) is 0 Å². The van der Waals surface area contributed by atoms with E-state index in [2.05, 4.69) is 5.32 Å². The van der Waals surface area contributed by atoms with E-state index >= 15 is 0 Å². The predicted molar refractivity (Wildman–Crippen MR) is 142 cm³/mol. The third kappa shape index (κ3) is 13.7. The van der Waals surface area contributed by atoms with Crippen molar-refractivity contribution in [3.8, 4) is 0 Å². The number of nitrogens with two attached hydrogens (primary N) is 1. The first-order chi connectivity index (χ1) is 20.4. The topological polar surface area (TPSA) is 364 Å². The fourth-order valence-electron chi connectivity index (χ4n) is 3.31. The Morgan fingerprint density at radius 2 is 1.05 bits per heavy atom. The van der Waals surface area contributed by atoms with E-state index in [0.717, 1.165) is 13.8 Å². The molecule has 0 aromatic carbocycles. The third-order valence-corrected chi connectivity index (χ3v) is 5.75. The van der Waals surface area contributed by atoms with Gasteiger partial charge in [-0.1, -0.05) is 0 Å². The van der Waals surface area contributed by atoms with Crippen LogP contribution in [0.15, 0.2) is 0 Å². The zero-order chi connectivity index (χ0) is 34.3. The van der Waals surface area contributed by atoms with E-state index in [1.54, 1.807) is 0 Å². The molecular formula is C23H38N6O15. The van der Waals surface area contributed by atoms with Crippen molar-refractivity contribution in [2.24, 2.45) is 5.73 Å². The van der Waals surface area contributed by atoms with Gasteiger partial charge in [0.25, 0.3) is 0 Å². The number of carbonyl (C=O) groups is 8. The van der Waals surface area contributed by atoms with E-state index in [0.29, 0.717) is 0 Å². The molecule has 0 spiro atoms. The van der Waals surface area contributed by atoms with Crippen LogP contribution >= 0.6 is 0 Å². The largest absolute Gasteiger partial charge is 0.481 e. The smallest absolute Gasteiger partial charge is 0.328 e. The molecule has 5 amide bonds. The highest BCUT2D eigenvalue weighted by Gasteiger charge is 2.35. The fourth-order valence-corrected chi connectivity index (χ4v) is 3.31. The summed E-state index contributed by atoms with van der Waals surface area (Å²) in [5.74, 6) is -10.9. The van der Waals surface area contributed by atoms with Gasteiger partial charge in [-0.05, 0) is 20.3 Å². The number of hydrogen-bond donors (Lipinski definition) is 13. The number of amides is 5. The molecule has 0 aliphatic carbocycles. The van der Waals surface area contributed by atoms with Crippen molar-refractivity contribution in [2.75, 3.05) is 13.2 Å². The average molecular weight is 639 g/mol. The van der Waals surface area contributed by atoms with Gasteiger partial charge in [0.1, 0.15) is 30.2 Å². The van der Waals surface area contributed by atoms with Gasteiger partial charge in [0.05, 0.1) is 31.8 Å². The average Bonchev–Trinajstić information content (AvgIpc) is 2.92. The van der Waals surface area contributed by atoms with Crippen LogP contribution < -0.4 is 32.3 Å². The van der Waals surface area contributed by atoms with Gasteiger partial charge >= 0.3 is 17.9 Å². The first kappa shape index (κ1) is 39.6. The van der Waals surface area contributed by atoms with Gasteiger partial charge in [0, 0.05) is 6.42 Å². The zero-order valence-corrected chi connectivity index (χ0v) is 23.6. The summed E-state index contributed by atoms with van der Waals surface area (Å²) in [6.07, 6.45) is -5.61. The molecule has 44 heavy (non-hydrogen) atoms. The normalized spacial score (nSPS) is 16.3. The van der Waals surface area contributed by atoms with Gasteiger partial charge < -0.3 is 68.1 Å². The highest BCUT2D eigenvalue weighted by Crippen LogP contribution is 2.04. The van der Waals surface area contributed by atoms with Crippen molar-refractivity contribution in [3.05, 3.63) is 0 Å². The minimum absolute atomic E-state index is 0.506. The van der Waals surface area contributed by atoms with E-state index in [1.165, 1.54) is 0 Å². The summed E-state index contributed by atoms with van der Waals surface area (Å²) in [4.78, 5) is 96.4. The molecule has 0 unspecified atom stereocenters. The van der Waals surface area contributed by atoms with Gasteiger partial charge in [0.2, 0.25) is 29.5 Å². The molecule has 0 rings (SSSR count). The Morgan fingerprint density at radius 1 is 0.591 bits per heavy atom. The number of carbonyl (C=O) groups excluding carboxylic acids is 5. The first-order valence-corrected chi connectivity index (χ1v) is 12.9. The lowest BCUT2D eigenvalue weighted by Gasteiger charge is -2.27. The van der Waals surface area contributed by atoms with Gasteiger partial charge in [-0.15, -0.1) is 0 Å². The maximum Gasteiger partial charge on any atom is 0.328 e. The number of aliphatic hydroxyl groups excluding tert-OH is 4. The van der Waals surface area contributed by atoms with Crippen LogP contribution in [0.25, 0.3) is 0 Å². The van der Waals surface area contributed by atoms with Crippen LogP contribution in [0.4, 0.5) is 0 Å². The lowest BCUT2D eigenvalue weighted by Crippen LogP contribution is -2.62. The van der Waals surface area contributed by atoms with Crippen LogP contribution in [0.5, 0.6) is 0 Å². The van der Waals surface area contributed by atoms with E-state index < -0.39 is 128 Å². The highest BCUT2D eigenvalue weighted by molar-refractivity contribution is 5.97. The van der Waals surface area contributed by atoms with Crippen LogP contribution in [-0.4, -0.2) is 145 Å². The minimum atomic E-state index is -1.96. The van der Waals surface area contributed by atoms with E-state index in [1.807, 2.05) is 21.3 Å². The molecule has 0 aromatic heterocycles. The summed E-state index contributed by atoms with van der Waals surface area (Å²) in [7, 11) is 0. The number of rotatable bonds is 20. The van der Waals surface area contributed by atoms with Crippen molar-refractivity contribution in [1.29, 1.82) is 0 Å². The van der Waals surface area contributed by atoms with Crippen LogP contribution in [0, 0.1) is 0 Å². The molecule has 0 aromatic rings. The van der Waals surface area contributed by atoms with E-state index in [9.17, 15) is 53.7 Å². The van der Waals surface area contributed by atoms with Gasteiger partial charge in [-0.25, -0.2) is 4.79 Å². The Morgan fingerprint density at radius 3 is 1.48 bits per heavy atom. The van der Waals surface area contributed by atoms with Crippen LogP contribution in [0.2, 0.25) is 0 Å².